The van der Waals surface area contributed by atoms with Crippen molar-refractivity contribution in [1.82, 2.24) is 5.32 Å². The maximum Gasteiger partial charge on any atom is 0.232 e. The van der Waals surface area contributed by atoms with Crippen molar-refractivity contribution in [3.05, 3.63) is 99.1 Å². The molecule has 0 unspecified atom stereocenters. The molecule has 0 saturated heterocycles. The van der Waals surface area contributed by atoms with Crippen LogP contribution in [0, 0.1) is 13.8 Å². The van der Waals surface area contributed by atoms with Crippen LogP contribution in [0.15, 0.2) is 60.7 Å². The molecule has 3 aromatic carbocycles. The van der Waals surface area contributed by atoms with Gasteiger partial charge in [0.2, 0.25) is 5.91 Å². The number of phenols is 1. The molecule has 0 fully saturated rings. The number of phenolic OH excluding ortho intramolecular Hbond substituents is 1. The summed E-state index contributed by atoms with van der Waals surface area (Å²) in [6.45, 7) is 6.37. The van der Waals surface area contributed by atoms with E-state index in [2.05, 4.69) is 18.3 Å². The highest BCUT2D eigenvalue weighted by molar-refractivity contribution is 6.31. The van der Waals surface area contributed by atoms with E-state index in [0.717, 1.165) is 34.2 Å². The lowest BCUT2D eigenvalue weighted by molar-refractivity contribution is -0.121. The average molecular weight is 408 g/mol. The van der Waals surface area contributed by atoms with Crippen LogP contribution in [0.3, 0.4) is 0 Å². The van der Waals surface area contributed by atoms with Gasteiger partial charge in [0, 0.05) is 17.1 Å². The number of hydrogen-bond acceptors (Lipinski definition) is 2. The summed E-state index contributed by atoms with van der Waals surface area (Å²) < 4.78 is 0. The van der Waals surface area contributed by atoms with Crippen molar-refractivity contribution >= 4 is 17.5 Å². The van der Waals surface area contributed by atoms with Crippen molar-refractivity contribution in [2.75, 3.05) is 0 Å². The highest BCUT2D eigenvalue weighted by Gasteiger charge is 2.26. The molecular formula is C25H26ClNO2. The van der Waals surface area contributed by atoms with E-state index in [1.165, 1.54) is 0 Å². The number of benzene rings is 3. The summed E-state index contributed by atoms with van der Waals surface area (Å²) in [5, 5.41) is 14.2. The van der Waals surface area contributed by atoms with Crippen LogP contribution < -0.4 is 5.32 Å². The molecule has 0 aromatic heterocycles. The van der Waals surface area contributed by atoms with Gasteiger partial charge in [-0.25, -0.2) is 0 Å². The van der Waals surface area contributed by atoms with Gasteiger partial charge in [-0.3, -0.25) is 4.79 Å². The van der Waals surface area contributed by atoms with Crippen LogP contribution in [0.2, 0.25) is 5.02 Å². The zero-order chi connectivity index (χ0) is 21.0. The Bertz CT molecular complexity index is 992. The molecule has 0 spiro atoms. The lowest BCUT2D eigenvalue weighted by Gasteiger charge is -2.20. The van der Waals surface area contributed by atoms with E-state index in [1.807, 2.05) is 62.4 Å². The number of carbonyl (C=O) groups excluding carboxylic acids is 1. The quantitative estimate of drug-likeness (QED) is 0.552. The van der Waals surface area contributed by atoms with E-state index >= 15 is 0 Å². The van der Waals surface area contributed by atoms with E-state index in [-0.39, 0.29) is 11.7 Å². The summed E-state index contributed by atoms with van der Waals surface area (Å²) in [4.78, 5) is 13.3. The largest absolute Gasteiger partial charge is 0.508 e. The van der Waals surface area contributed by atoms with Gasteiger partial charge in [-0.2, -0.15) is 0 Å². The van der Waals surface area contributed by atoms with Crippen LogP contribution in [0.4, 0.5) is 0 Å². The molecule has 0 heterocycles. The topological polar surface area (TPSA) is 49.3 Å². The highest BCUT2D eigenvalue weighted by Crippen LogP contribution is 2.33. The second kappa shape index (κ2) is 9.15. The Balaban J connectivity index is 1.94. The van der Waals surface area contributed by atoms with Crippen molar-refractivity contribution in [3.63, 3.8) is 0 Å². The molecule has 1 amide bonds. The van der Waals surface area contributed by atoms with Crippen molar-refractivity contribution in [2.24, 2.45) is 0 Å². The molecule has 0 bridgehead atoms. The second-order valence-corrected chi connectivity index (χ2v) is 7.76. The van der Waals surface area contributed by atoms with Crippen LogP contribution in [0.25, 0.3) is 0 Å². The molecule has 0 saturated carbocycles. The first-order valence-electron chi connectivity index (χ1n) is 9.80. The van der Waals surface area contributed by atoms with E-state index in [4.69, 9.17) is 11.6 Å². The van der Waals surface area contributed by atoms with E-state index < -0.39 is 5.92 Å². The molecule has 1 atom stereocenters. The average Bonchev–Trinajstić information content (AvgIpc) is 2.69. The number of aryl methyl sites for hydroxylation is 3. The highest BCUT2D eigenvalue weighted by atomic mass is 35.5. The summed E-state index contributed by atoms with van der Waals surface area (Å²) >= 11 is 6.41. The van der Waals surface area contributed by atoms with Crippen molar-refractivity contribution in [2.45, 2.75) is 39.7 Å². The maximum absolute atomic E-state index is 13.3. The molecule has 0 aliphatic carbocycles. The number of rotatable bonds is 6. The summed E-state index contributed by atoms with van der Waals surface area (Å²) in [5.41, 5.74) is 5.56. The van der Waals surface area contributed by atoms with E-state index in [9.17, 15) is 9.90 Å². The molecule has 3 rings (SSSR count). The van der Waals surface area contributed by atoms with E-state index in [0.29, 0.717) is 17.1 Å². The van der Waals surface area contributed by atoms with Gasteiger partial charge in [0.15, 0.2) is 0 Å². The molecule has 3 aromatic rings. The number of hydrogen-bond donors (Lipinski definition) is 2. The maximum atomic E-state index is 13.3. The van der Waals surface area contributed by atoms with Gasteiger partial charge in [0.25, 0.3) is 0 Å². The fourth-order valence-electron chi connectivity index (χ4n) is 3.62. The van der Waals surface area contributed by atoms with Crippen molar-refractivity contribution < 1.29 is 9.90 Å². The van der Waals surface area contributed by atoms with Gasteiger partial charge in [0.05, 0.1) is 5.92 Å². The smallest absolute Gasteiger partial charge is 0.232 e. The standard InChI is InChI=1S/C25H26ClNO2/c1-4-18-10-11-23(28)20(14-18)24(19-8-6-5-7-9-19)25(29)27-15-21-17(3)12-16(2)13-22(21)26/h5-14,24,28H,4,15H2,1-3H3,(H,27,29)/t24-/m1/s1. The van der Waals surface area contributed by atoms with Crippen LogP contribution in [0.5, 0.6) is 5.75 Å². The summed E-state index contributed by atoms with van der Waals surface area (Å²) in [6.07, 6.45) is 0.828. The predicted octanol–water partition coefficient (Wildman–Crippen LogP) is 5.67. The Kier molecular flexibility index (Phi) is 6.60. The van der Waals surface area contributed by atoms with Crippen LogP contribution >= 0.6 is 11.6 Å². The molecule has 3 nitrogen and oxygen atoms in total. The number of aromatic hydroxyl groups is 1. The van der Waals surface area contributed by atoms with E-state index in [1.54, 1.807) is 6.07 Å². The fourth-order valence-corrected chi connectivity index (χ4v) is 4.01. The Morgan fingerprint density at radius 2 is 1.79 bits per heavy atom. The lowest BCUT2D eigenvalue weighted by Crippen LogP contribution is -2.30. The zero-order valence-electron chi connectivity index (χ0n) is 17.0. The SMILES string of the molecule is CCc1ccc(O)c([C@H](C(=O)NCc2c(C)cc(C)cc2Cl)c2ccccc2)c1. The minimum Gasteiger partial charge on any atom is -0.508 e. The zero-order valence-corrected chi connectivity index (χ0v) is 17.8. The third-order valence-corrected chi connectivity index (χ3v) is 5.55. The number of nitrogens with one attached hydrogen (secondary N) is 1. The first kappa shape index (κ1) is 20.9. The monoisotopic (exact) mass is 407 g/mol. The Morgan fingerprint density at radius 1 is 1.07 bits per heavy atom. The first-order chi connectivity index (χ1) is 13.9. The van der Waals surface area contributed by atoms with Crippen molar-refractivity contribution in [3.8, 4) is 5.75 Å². The number of halogens is 1. The van der Waals surface area contributed by atoms with Crippen LogP contribution in [-0.4, -0.2) is 11.0 Å². The normalized spacial score (nSPS) is 11.9. The van der Waals surface area contributed by atoms with Crippen molar-refractivity contribution in [1.29, 1.82) is 0 Å². The first-order valence-corrected chi connectivity index (χ1v) is 10.2. The van der Waals surface area contributed by atoms with Crippen LogP contribution in [0.1, 0.15) is 46.2 Å². The van der Waals surface area contributed by atoms with Gasteiger partial charge in [0.1, 0.15) is 5.75 Å². The molecule has 4 heteroatoms. The molecule has 0 radical (unpaired) electrons. The predicted molar refractivity (Wildman–Crippen MR) is 119 cm³/mol. The van der Waals surface area contributed by atoms with Gasteiger partial charge in [-0.05, 0) is 60.2 Å². The van der Waals surface area contributed by atoms with Gasteiger partial charge < -0.3 is 10.4 Å². The summed E-state index contributed by atoms with van der Waals surface area (Å²) in [7, 11) is 0. The minimum atomic E-state index is -0.604. The Labute approximate surface area is 177 Å². The second-order valence-electron chi connectivity index (χ2n) is 7.35. The third-order valence-electron chi connectivity index (χ3n) is 5.21. The summed E-state index contributed by atoms with van der Waals surface area (Å²) in [6, 6.07) is 19.0. The molecule has 150 valence electrons. The molecule has 29 heavy (non-hydrogen) atoms. The third kappa shape index (κ3) is 4.80. The minimum absolute atomic E-state index is 0.121. The molecular weight excluding hydrogens is 382 g/mol. The number of carbonyl (C=O) groups is 1. The fraction of sp³-hybridized carbons (Fsp3) is 0.240. The number of amides is 1. The molecule has 0 aliphatic heterocycles. The Morgan fingerprint density at radius 3 is 2.45 bits per heavy atom. The van der Waals surface area contributed by atoms with Gasteiger partial charge >= 0.3 is 0 Å². The van der Waals surface area contributed by atoms with Crippen LogP contribution in [-0.2, 0) is 17.8 Å². The Hall–Kier alpha value is -2.78. The van der Waals surface area contributed by atoms with Gasteiger partial charge in [-0.15, -0.1) is 0 Å². The molecule has 0 aliphatic rings. The molecule has 2 N–H and O–H groups in total. The summed E-state index contributed by atoms with van der Waals surface area (Å²) in [5.74, 6) is -0.654. The lowest BCUT2D eigenvalue weighted by atomic mass is 9.88. The van der Waals surface area contributed by atoms with Gasteiger partial charge in [-0.1, -0.05) is 67.1 Å².